The van der Waals surface area contributed by atoms with Gasteiger partial charge in [0.1, 0.15) is 0 Å². The maximum absolute atomic E-state index is 11.1. The molecular formula is C16H10BrClO3. The van der Waals surface area contributed by atoms with Crippen LogP contribution in [0.3, 0.4) is 0 Å². The van der Waals surface area contributed by atoms with Crippen LogP contribution in [0.5, 0.6) is 0 Å². The molecule has 5 heteroatoms. The van der Waals surface area contributed by atoms with Crippen molar-refractivity contribution in [3.63, 3.8) is 0 Å². The average Bonchev–Trinajstić information content (AvgIpc) is 2.73. The van der Waals surface area contributed by atoms with Crippen molar-refractivity contribution < 1.29 is 14.3 Å². The minimum absolute atomic E-state index is 0.0469. The van der Waals surface area contributed by atoms with Crippen LogP contribution >= 0.6 is 27.5 Å². The molecule has 0 spiro atoms. The largest absolute Gasteiger partial charge is 0.481 e. The molecule has 0 bridgehead atoms. The Bertz CT molecular complexity index is 777. The summed E-state index contributed by atoms with van der Waals surface area (Å²) in [5, 5.41) is 9.76. The van der Waals surface area contributed by atoms with E-state index in [9.17, 15) is 4.79 Å². The van der Waals surface area contributed by atoms with Crippen molar-refractivity contribution >= 4 is 33.5 Å². The van der Waals surface area contributed by atoms with Gasteiger partial charge in [0.15, 0.2) is 0 Å². The van der Waals surface area contributed by atoms with Crippen molar-refractivity contribution in [2.75, 3.05) is 0 Å². The van der Waals surface area contributed by atoms with Crippen LogP contribution in [0.15, 0.2) is 51.7 Å². The third-order valence-electron chi connectivity index (χ3n) is 3.33. The highest BCUT2D eigenvalue weighted by atomic mass is 79.9. The Labute approximate surface area is 134 Å². The van der Waals surface area contributed by atoms with E-state index >= 15 is 0 Å². The topological polar surface area (TPSA) is 50.4 Å². The molecule has 1 heterocycles. The number of aliphatic carboxylic acids is 1. The van der Waals surface area contributed by atoms with Gasteiger partial charge < -0.3 is 9.52 Å². The summed E-state index contributed by atoms with van der Waals surface area (Å²) in [5.41, 5.74) is 4.37. The predicted molar refractivity (Wildman–Crippen MR) is 84.8 cm³/mol. The number of carboxylic acids is 1. The van der Waals surface area contributed by atoms with Gasteiger partial charge in [-0.25, -0.2) is 0 Å². The van der Waals surface area contributed by atoms with Crippen LogP contribution in [-0.4, -0.2) is 11.1 Å². The number of hydrogen-bond acceptors (Lipinski definition) is 2. The Kier molecular flexibility index (Phi) is 3.74. The number of carbonyl (C=O) groups is 1. The lowest BCUT2D eigenvalue weighted by molar-refractivity contribution is -0.136. The van der Waals surface area contributed by atoms with Crippen molar-refractivity contribution in [3.05, 3.63) is 57.9 Å². The summed E-state index contributed by atoms with van der Waals surface area (Å²) in [4.78, 5) is 11.1. The Hall–Kier alpha value is -1.78. The second-order valence-corrected chi connectivity index (χ2v) is 5.86. The van der Waals surface area contributed by atoms with Gasteiger partial charge in [0.25, 0.3) is 0 Å². The monoisotopic (exact) mass is 364 g/mol. The number of carboxylic acid groups (broad SMARTS) is 1. The van der Waals surface area contributed by atoms with Crippen molar-refractivity contribution in [1.29, 1.82) is 0 Å². The third-order valence-corrected chi connectivity index (χ3v) is 4.46. The first kappa shape index (κ1) is 14.2. The lowest BCUT2D eigenvalue weighted by atomic mass is 10.0. The van der Waals surface area contributed by atoms with Crippen LogP contribution in [0, 0.1) is 0 Å². The summed E-state index contributed by atoms with van der Waals surface area (Å²) in [5.74, 6) is -0.869. The van der Waals surface area contributed by atoms with E-state index in [1.165, 1.54) is 0 Å². The fourth-order valence-electron chi connectivity index (χ4n) is 2.43. The minimum atomic E-state index is -0.869. The van der Waals surface area contributed by atoms with E-state index in [1.54, 1.807) is 30.7 Å². The van der Waals surface area contributed by atoms with E-state index in [2.05, 4.69) is 15.9 Å². The molecule has 1 aromatic rings. The molecule has 21 heavy (non-hydrogen) atoms. The molecule has 1 N–H and O–H groups in total. The van der Waals surface area contributed by atoms with E-state index in [0.717, 1.165) is 32.3 Å². The normalized spacial score (nSPS) is 11.0. The van der Waals surface area contributed by atoms with Crippen LogP contribution in [0.1, 0.15) is 5.56 Å². The van der Waals surface area contributed by atoms with Crippen molar-refractivity contribution in [2.24, 2.45) is 0 Å². The molecule has 0 radical (unpaired) electrons. The summed E-state index contributed by atoms with van der Waals surface area (Å²) < 4.78 is 6.04. The summed E-state index contributed by atoms with van der Waals surface area (Å²) in [6.07, 6.45) is 3.13. The molecule has 2 aliphatic rings. The van der Waals surface area contributed by atoms with Gasteiger partial charge >= 0.3 is 5.97 Å². The first-order chi connectivity index (χ1) is 10.1. The zero-order chi connectivity index (χ0) is 15.0. The fraction of sp³-hybridized carbons (Fsp3) is 0.0625. The number of benzene rings is 1. The first-order valence-electron chi connectivity index (χ1n) is 6.22. The lowest BCUT2D eigenvalue weighted by Gasteiger charge is -2.04. The van der Waals surface area contributed by atoms with Crippen LogP contribution in [0.2, 0.25) is 5.02 Å². The van der Waals surface area contributed by atoms with Crippen molar-refractivity contribution in [1.82, 2.24) is 0 Å². The highest BCUT2D eigenvalue weighted by molar-refractivity contribution is 9.10. The minimum Gasteiger partial charge on any atom is -0.481 e. The maximum Gasteiger partial charge on any atom is 0.307 e. The highest BCUT2D eigenvalue weighted by Gasteiger charge is 2.24. The summed E-state index contributed by atoms with van der Waals surface area (Å²) >= 11 is 9.46. The molecule has 0 unspecified atom stereocenters. The Morgan fingerprint density at radius 3 is 2.57 bits per heavy atom. The van der Waals surface area contributed by atoms with Gasteiger partial charge in [-0.05, 0) is 50.8 Å². The van der Waals surface area contributed by atoms with Gasteiger partial charge in [-0.1, -0.05) is 23.7 Å². The lowest BCUT2D eigenvalue weighted by Crippen LogP contribution is -2.00. The molecule has 0 saturated carbocycles. The standard InChI is InChI=1S/C16H10BrClO3/c17-16-12(7-14(19)20)11-5-6-21-8-13(11)15(16)9-1-3-10(18)4-2-9/h1-6,8H,7H2,(H,19,20). The highest BCUT2D eigenvalue weighted by Crippen LogP contribution is 2.46. The SMILES string of the molecule is O=C(O)Cc1c2ccocc-2c(-c2ccc(Cl)cc2)c1Br. The van der Waals surface area contributed by atoms with Gasteiger partial charge in [-0.15, -0.1) is 0 Å². The molecule has 0 aromatic heterocycles. The predicted octanol–water partition coefficient (Wildman–Crippen LogP) is 5.09. The van der Waals surface area contributed by atoms with Gasteiger partial charge in [0, 0.05) is 20.6 Å². The van der Waals surface area contributed by atoms with E-state index in [-0.39, 0.29) is 6.42 Å². The summed E-state index contributed by atoms with van der Waals surface area (Å²) in [6, 6.07) is 9.20. The molecule has 0 atom stereocenters. The molecule has 3 nitrogen and oxygen atoms in total. The van der Waals surface area contributed by atoms with Gasteiger partial charge in [0.05, 0.1) is 18.9 Å². The number of halogens is 2. The van der Waals surface area contributed by atoms with Crippen LogP contribution in [0.25, 0.3) is 22.3 Å². The van der Waals surface area contributed by atoms with E-state index in [1.807, 2.05) is 12.1 Å². The molecule has 3 rings (SSSR count). The molecular weight excluding hydrogens is 356 g/mol. The molecule has 0 fully saturated rings. The Balaban J connectivity index is 2.25. The molecule has 1 aliphatic carbocycles. The zero-order valence-corrected chi connectivity index (χ0v) is 13.1. The number of fused-ring (bicyclic) bond motifs is 1. The molecule has 1 aliphatic heterocycles. The number of hydrogen-bond donors (Lipinski definition) is 1. The molecule has 106 valence electrons. The molecule has 0 saturated heterocycles. The molecule has 0 amide bonds. The van der Waals surface area contributed by atoms with Crippen molar-refractivity contribution in [3.8, 4) is 22.3 Å². The van der Waals surface area contributed by atoms with Gasteiger partial charge in [-0.3, -0.25) is 4.79 Å². The smallest absolute Gasteiger partial charge is 0.307 e. The van der Waals surface area contributed by atoms with Crippen LogP contribution < -0.4 is 0 Å². The maximum atomic E-state index is 11.1. The fourth-order valence-corrected chi connectivity index (χ4v) is 3.36. The Morgan fingerprint density at radius 2 is 1.90 bits per heavy atom. The van der Waals surface area contributed by atoms with E-state index in [4.69, 9.17) is 21.1 Å². The average molecular weight is 366 g/mol. The first-order valence-corrected chi connectivity index (χ1v) is 7.39. The molecule has 1 aromatic carbocycles. The van der Waals surface area contributed by atoms with Gasteiger partial charge in [-0.2, -0.15) is 0 Å². The van der Waals surface area contributed by atoms with Crippen LogP contribution in [-0.2, 0) is 11.2 Å². The second-order valence-electron chi connectivity index (χ2n) is 4.63. The summed E-state index contributed by atoms with van der Waals surface area (Å²) in [6.45, 7) is 0. The van der Waals surface area contributed by atoms with Gasteiger partial charge in [0.2, 0.25) is 0 Å². The van der Waals surface area contributed by atoms with E-state index in [0.29, 0.717) is 5.02 Å². The zero-order valence-electron chi connectivity index (χ0n) is 10.8. The van der Waals surface area contributed by atoms with E-state index < -0.39 is 5.97 Å². The third kappa shape index (κ3) is 2.57. The Morgan fingerprint density at radius 1 is 1.19 bits per heavy atom. The second kappa shape index (κ2) is 5.54. The quantitative estimate of drug-likeness (QED) is 0.703. The summed E-state index contributed by atoms with van der Waals surface area (Å²) in [7, 11) is 0. The van der Waals surface area contributed by atoms with Crippen molar-refractivity contribution in [2.45, 2.75) is 6.42 Å². The van der Waals surface area contributed by atoms with Crippen LogP contribution in [0.4, 0.5) is 0 Å². The number of rotatable bonds is 3.